The molecule has 1 fully saturated rings. The summed E-state index contributed by atoms with van der Waals surface area (Å²) in [6.07, 6.45) is 4.87. The second-order valence-corrected chi connectivity index (χ2v) is 9.76. The summed E-state index contributed by atoms with van der Waals surface area (Å²) in [6, 6.07) is 4.02. The van der Waals surface area contributed by atoms with Crippen LogP contribution in [0.4, 0.5) is 12.7 Å². The molecule has 0 saturated carbocycles. The third-order valence-electron chi connectivity index (χ3n) is 4.79. The van der Waals surface area contributed by atoms with Crippen molar-refractivity contribution in [2.24, 2.45) is 21.1 Å². The van der Waals surface area contributed by atoms with Crippen molar-refractivity contribution < 1.29 is 21.1 Å². The minimum absolute atomic E-state index is 0.112. The first-order valence-corrected chi connectivity index (χ1v) is 11.2. The fraction of sp³-hybridized carbons (Fsp3) is 0.429. The van der Waals surface area contributed by atoms with Gasteiger partial charge in [-0.2, -0.15) is 8.42 Å². The van der Waals surface area contributed by atoms with Gasteiger partial charge < -0.3 is 10.6 Å². The van der Waals surface area contributed by atoms with Crippen LogP contribution in [-0.2, 0) is 16.8 Å². The molecule has 0 atom stereocenters. The second-order valence-electron chi connectivity index (χ2n) is 8.44. The summed E-state index contributed by atoms with van der Waals surface area (Å²) in [5, 5.41) is 15.5. The van der Waals surface area contributed by atoms with Gasteiger partial charge in [0.1, 0.15) is 16.4 Å². The molecule has 2 heterocycles. The Morgan fingerprint density at radius 1 is 1.27 bits per heavy atom. The van der Waals surface area contributed by atoms with Crippen LogP contribution in [0.25, 0.3) is 0 Å². The van der Waals surface area contributed by atoms with Gasteiger partial charge in [0.05, 0.1) is 6.54 Å². The van der Waals surface area contributed by atoms with E-state index in [4.69, 9.17) is 23.0 Å². The summed E-state index contributed by atoms with van der Waals surface area (Å²) in [6.45, 7) is 5.24. The van der Waals surface area contributed by atoms with E-state index >= 15 is 0 Å². The van der Waals surface area contributed by atoms with Crippen molar-refractivity contribution in [2.45, 2.75) is 44.6 Å². The van der Waals surface area contributed by atoms with Crippen molar-refractivity contribution in [3.05, 3.63) is 29.3 Å². The largest absolute Gasteiger partial charge is 0.348 e. The maximum atomic E-state index is 13.3. The third-order valence-corrected chi connectivity index (χ3v) is 5.69. The highest BCUT2D eigenvalue weighted by molar-refractivity contribution is 7.86. The lowest BCUT2D eigenvalue weighted by Gasteiger charge is -2.27. The van der Waals surface area contributed by atoms with E-state index in [9.17, 15) is 21.1 Å². The van der Waals surface area contributed by atoms with Crippen LogP contribution < -0.4 is 5.73 Å². The lowest BCUT2D eigenvalue weighted by atomic mass is 9.94. The minimum Gasteiger partial charge on any atom is -0.348 e. The van der Waals surface area contributed by atoms with Crippen LogP contribution in [0.15, 0.2) is 33.1 Å². The van der Waals surface area contributed by atoms with Crippen LogP contribution in [-0.4, -0.2) is 55.5 Å². The Hall–Kier alpha value is -3.04. The van der Waals surface area contributed by atoms with Gasteiger partial charge in [-0.3, -0.25) is 10.8 Å². The van der Waals surface area contributed by atoms with E-state index < -0.39 is 27.6 Å². The smallest absolute Gasteiger partial charge is 0.332 e. The van der Waals surface area contributed by atoms with E-state index in [2.05, 4.69) is 15.9 Å². The Kier molecular flexibility index (Phi) is 7.50. The van der Waals surface area contributed by atoms with Crippen LogP contribution in [0.5, 0.6) is 0 Å². The molecule has 178 valence electrons. The molecule has 1 aromatic carbocycles. The van der Waals surface area contributed by atoms with E-state index in [-0.39, 0.29) is 47.9 Å². The number of alkyl halides is 2. The van der Waals surface area contributed by atoms with Gasteiger partial charge in [0.15, 0.2) is 11.7 Å². The maximum absolute atomic E-state index is 13.3. The fourth-order valence-electron chi connectivity index (χ4n) is 3.07. The van der Waals surface area contributed by atoms with Gasteiger partial charge in [0.2, 0.25) is 0 Å². The summed E-state index contributed by atoms with van der Waals surface area (Å²) in [5.41, 5.74) is 5.15. The lowest BCUT2D eigenvalue weighted by Crippen LogP contribution is -2.43. The molecule has 3 rings (SSSR count). The van der Waals surface area contributed by atoms with Gasteiger partial charge >= 0.3 is 10.2 Å². The fourth-order valence-corrected chi connectivity index (χ4v) is 3.80. The number of amidine groups is 3. The molecule has 1 saturated heterocycles. The summed E-state index contributed by atoms with van der Waals surface area (Å²) < 4.78 is 60.6. The molecular formula is C21H25F3N6O2S. The Labute approximate surface area is 191 Å². The van der Waals surface area contributed by atoms with E-state index in [1.807, 2.05) is 20.8 Å². The zero-order chi connectivity index (χ0) is 25.2. The normalized spacial score (nSPS) is 18.2. The molecule has 0 aromatic heterocycles. The number of hydrogen-bond donors (Lipinski definition) is 3. The van der Waals surface area contributed by atoms with Crippen LogP contribution in [0, 0.1) is 28.6 Å². The average molecular weight is 483 g/mol. The van der Waals surface area contributed by atoms with Gasteiger partial charge in [-0.05, 0) is 12.1 Å². The molecule has 1 aromatic rings. The molecule has 2 aliphatic rings. The van der Waals surface area contributed by atoms with Gasteiger partial charge in [0.25, 0.3) is 5.92 Å². The highest BCUT2D eigenvalue weighted by atomic mass is 32.3. The molecule has 12 heteroatoms. The Bertz CT molecular complexity index is 1180. The number of rotatable bonds is 2. The second kappa shape index (κ2) is 9.44. The minimum atomic E-state index is -4.75. The molecule has 0 spiro atoms. The molecule has 33 heavy (non-hydrogen) atoms. The zero-order valence-electron chi connectivity index (χ0n) is 18.4. The first-order valence-electron chi connectivity index (χ1n) is 9.82. The number of aliphatic imine (C=N–C) groups is 2. The number of halogens is 3. The number of terminal acetylenes is 1. The molecule has 4 N–H and O–H groups in total. The summed E-state index contributed by atoms with van der Waals surface area (Å²) in [5.74, 6) is -0.176. The molecule has 0 aliphatic carbocycles. The Morgan fingerprint density at radius 2 is 1.91 bits per heavy atom. The van der Waals surface area contributed by atoms with Crippen molar-refractivity contribution in [3.8, 4) is 12.3 Å². The number of likely N-dealkylation sites (tertiary alicyclic amines) is 1. The van der Waals surface area contributed by atoms with Crippen molar-refractivity contribution >= 4 is 33.4 Å². The van der Waals surface area contributed by atoms with Gasteiger partial charge in [0, 0.05) is 36.1 Å². The Morgan fingerprint density at radius 3 is 2.36 bits per heavy atom. The Balaban J connectivity index is 0.000000245. The molecule has 0 bridgehead atoms. The number of nitrogens with one attached hydrogen (secondary N) is 2. The van der Waals surface area contributed by atoms with Crippen LogP contribution in [0.1, 0.15) is 38.3 Å². The summed E-state index contributed by atoms with van der Waals surface area (Å²) >= 11 is 0. The molecule has 0 amide bonds. The molecule has 8 nitrogen and oxygen atoms in total. The van der Waals surface area contributed by atoms with Crippen LogP contribution in [0.3, 0.4) is 0 Å². The monoisotopic (exact) mass is 482 g/mol. The van der Waals surface area contributed by atoms with Crippen molar-refractivity contribution in [1.29, 1.82) is 10.8 Å². The van der Waals surface area contributed by atoms with Crippen molar-refractivity contribution in [1.82, 2.24) is 4.90 Å². The van der Waals surface area contributed by atoms with Crippen molar-refractivity contribution in [2.75, 3.05) is 13.1 Å². The standard InChI is InChI=1S/C12H17F2N5.C9H8FNO2S/c1-11(2,3)10-17-8(16)7(15)9(18-10)19-5-4-12(13,14)6-19;1-2-7-4-3-5-9(8(7)6-11)14(10,12)13/h15-16H,4-6H2,1-3H3;1,3-5H,6,11H2. The quantitative estimate of drug-likeness (QED) is 0.441. The van der Waals surface area contributed by atoms with E-state index in [1.54, 1.807) is 0 Å². The van der Waals surface area contributed by atoms with Gasteiger partial charge in [-0.15, -0.1) is 10.3 Å². The molecule has 0 unspecified atom stereocenters. The van der Waals surface area contributed by atoms with E-state index in [0.717, 1.165) is 6.07 Å². The summed E-state index contributed by atoms with van der Waals surface area (Å²) in [4.78, 5) is 9.12. The summed E-state index contributed by atoms with van der Waals surface area (Å²) in [7, 11) is -4.75. The zero-order valence-corrected chi connectivity index (χ0v) is 19.2. The van der Waals surface area contributed by atoms with Gasteiger partial charge in [-0.1, -0.05) is 32.8 Å². The SMILES string of the molecule is C#Cc1cccc(S(=O)(=O)F)c1CN.CC(C)(C)C1=NC(=N)C(=N)C(N2CCC(F)(F)C2)=N1. The molecule has 0 radical (unpaired) electrons. The highest BCUT2D eigenvalue weighted by Gasteiger charge is 2.42. The number of nitrogens with zero attached hydrogens (tertiary/aromatic N) is 3. The first-order chi connectivity index (χ1) is 15.1. The van der Waals surface area contributed by atoms with Crippen molar-refractivity contribution in [3.63, 3.8) is 0 Å². The number of benzene rings is 1. The predicted molar refractivity (Wildman–Crippen MR) is 121 cm³/mol. The van der Waals surface area contributed by atoms with Crippen LogP contribution >= 0.6 is 0 Å². The lowest BCUT2D eigenvalue weighted by molar-refractivity contribution is 0.0177. The van der Waals surface area contributed by atoms with E-state index in [1.165, 1.54) is 17.0 Å². The highest BCUT2D eigenvalue weighted by Crippen LogP contribution is 2.29. The number of nitrogens with two attached hydrogens (primary N) is 1. The third kappa shape index (κ3) is 6.27. The first kappa shape index (κ1) is 26.2. The van der Waals surface area contributed by atoms with E-state index in [0.29, 0.717) is 11.4 Å². The predicted octanol–water partition coefficient (Wildman–Crippen LogP) is 2.97. The van der Waals surface area contributed by atoms with Gasteiger partial charge in [-0.25, -0.2) is 18.8 Å². The number of hydrogen-bond acceptors (Lipinski definition) is 7. The topological polar surface area (TPSA) is 136 Å². The maximum Gasteiger partial charge on any atom is 0.332 e. The average Bonchev–Trinajstić information content (AvgIpc) is 3.07. The molecular weight excluding hydrogens is 457 g/mol. The van der Waals surface area contributed by atoms with Crippen LogP contribution in [0.2, 0.25) is 0 Å². The molecule has 2 aliphatic heterocycles.